The average Bonchev–Trinajstić information content (AvgIpc) is 2.91. The van der Waals surface area contributed by atoms with Gasteiger partial charge in [-0.1, -0.05) is 24.3 Å². The first kappa shape index (κ1) is 14.1. The standard InChI is InChI=1S/C18H20FNO/c1-2-21-14-6-3-5-13(11-14)12-20-18-10-9-15-16(18)7-4-8-17(15)19/h3-8,11,18,20H,2,9-10,12H2,1H3. The maximum absolute atomic E-state index is 13.7. The van der Waals surface area contributed by atoms with Gasteiger partial charge in [-0.05, 0) is 54.7 Å². The molecular formula is C18H20FNO. The Morgan fingerprint density at radius 1 is 1.24 bits per heavy atom. The monoisotopic (exact) mass is 285 g/mol. The van der Waals surface area contributed by atoms with E-state index < -0.39 is 0 Å². The fourth-order valence-electron chi connectivity index (χ4n) is 2.97. The largest absolute Gasteiger partial charge is 0.494 e. The Bertz CT molecular complexity index is 626. The van der Waals surface area contributed by atoms with E-state index in [9.17, 15) is 4.39 Å². The van der Waals surface area contributed by atoms with E-state index in [0.717, 1.165) is 36.3 Å². The molecule has 0 spiro atoms. The molecule has 1 N–H and O–H groups in total. The van der Waals surface area contributed by atoms with E-state index in [0.29, 0.717) is 6.61 Å². The number of ether oxygens (including phenoxy) is 1. The summed E-state index contributed by atoms with van der Waals surface area (Å²) < 4.78 is 19.2. The molecule has 110 valence electrons. The molecule has 1 aliphatic carbocycles. The van der Waals surface area contributed by atoms with Crippen LogP contribution in [0.3, 0.4) is 0 Å². The third kappa shape index (κ3) is 3.08. The van der Waals surface area contributed by atoms with Crippen molar-refractivity contribution in [1.29, 1.82) is 0 Å². The van der Waals surface area contributed by atoms with Gasteiger partial charge in [-0.15, -0.1) is 0 Å². The molecule has 1 atom stereocenters. The fourth-order valence-corrected chi connectivity index (χ4v) is 2.97. The summed E-state index contributed by atoms with van der Waals surface area (Å²) in [5.74, 6) is 0.824. The van der Waals surface area contributed by atoms with Gasteiger partial charge >= 0.3 is 0 Å². The highest BCUT2D eigenvalue weighted by atomic mass is 19.1. The lowest BCUT2D eigenvalue weighted by Crippen LogP contribution is -2.18. The number of rotatable bonds is 5. The molecule has 1 unspecified atom stereocenters. The Morgan fingerprint density at radius 3 is 2.95 bits per heavy atom. The third-order valence-electron chi connectivity index (χ3n) is 3.98. The summed E-state index contributed by atoms with van der Waals surface area (Å²) in [6.07, 6.45) is 1.78. The summed E-state index contributed by atoms with van der Waals surface area (Å²) in [5, 5.41) is 3.53. The van der Waals surface area contributed by atoms with E-state index in [4.69, 9.17) is 4.74 Å². The second kappa shape index (κ2) is 6.27. The minimum atomic E-state index is -0.0739. The van der Waals surface area contributed by atoms with Crippen LogP contribution >= 0.6 is 0 Å². The van der Waals surface area contributed by atoms with Gasteiger partial charge in [0, 0.05) is 12.6 Å². The van der Waals surface area contributed by atoms with Crippen molar-refractivity contribution in [2.24, 2.45) is 0 Å². The molecule has 0 fully saturated rings. The highest BCUT2D eigenvalue weighted by Crippen LogP contribution is 2.32. The second-order valence-electron chi connectivity index (χ2n) is 5.36. The fraction of sp³-hybridized carbons (Fsp3) is 0.333. The lowest BCUT2D eigenvalue weighted by molar-refractivity contribution is 0.339. The molecule has 0 aliphatic heterocycles. The molecule has 0 amide bonds. The Labute approximate surface area is 125 Å². The summed E-state index contributed by atoms with van der Waals surface area (Å²) in [6, 6.07) is 13.7. The van der Waals surface area contributed by atoms with Crippen LogP contribution in [0.15, 0.2) is 42.5 Å². The molecule has 0 aromatic heterocycles. The number of halogens is 1. The van der Waals surface area contributed by atoms with Gasteiger partial charge in [-0.3, -0.25) is 0 Å². The minimum Gasteiger partial charge on any atom is -0.494 e. The van der Waals surface area contributed by atoms with E-state index in [1.165, 1.54) is 5.56 Å². The van der Waals surface area contributed by atoms with Crippen molar-refractivity contribution in [1.82, 2.24) is 5.32 Å². The zero-order valence-corrected chi connectivity index (χ0v) is 12.2. The molecular weight excluding hydrogens is 265 g/mol. The topological polar surface area (TPSA) is 21.3 Å². The van der Waals surface area contributed by atoms with Gasteiger partial charge in [0.15, 0.2) is 0 Å². The Kier molecular flexibility index (Phi) is 4.20. The summed E-state index contributed by atoms with van der Waals surface area (Å²) in [7, 11) is 0. The van der Waals surface area contributed by atoms with Gasteiger partial charge in [0.1, 0.15) is 11.6 Å². The molecule has 2 aromatic carbocycles. The summed E-state index contributed by atoms with van der Waals surface area (Å²) in [5.41, 5.74) is 3.17. The summed E-state index contributed by atoms with van der Waals surface area (Å²) in [4.78, 5) is 0. The molecule has 3 heteroatoms. The number of fused-ring (bicyclic) bond motifs is 1. The maximum atomic E-state index is 13.7. The van der Waals surface area contributed by atoms with Crippen molar-refractivity contribution >= 4 is 0 Å². The SMILES string of the molecule is CCOc1cccc(CNC2CCc3c(F)cccc32)c1. The molecule has 0 saturated heterocycles. The van der Waals surface area contributed by atoms with Crippen LogP contribution in [0.4, 0.5) is 4.39 Å². The van der Waals surface area contributed by atoms with Gasteiger partial charge in [-0.25, -0.2) is 4.39 Å². The zero-order chi connectivity index (χ0) is 14.7. The first-order valence-corrected chi connectivity index (χ1v) is 7.50. The molecule has 0 bridgehead atoms. The number of nitrogens with one attached hydrogen (secondary N) is 1. The van der Waals surface area contributed by atoms with Crippen molar-refractivity contribution in [3.8, 4) is 5.75 Å². The minimum absolute atomic E-state index is 0.0739. The molecule has 2 aromatic rings. The predicted octanol–water partition coefficient (Wildman–Crippen LogP) is 4.00. The molecule has 0 radical (unpaired) electrons. The van der Waals surface area contributed by atoms with Crippen LogP contribution in [0.2, 0.25) is 0 Å². The Hall–Kier alpha value is -1.87. The van der Waals surface area contributed by atoms with Crippen molar-refractivity contribution in [3.63, 3.8) is 0 Å². The lowest BCUT2D eigenvalue weighted by Gasteiger charge is -2.14. The first-order chi connectivity index (χ1) is 10.3. The Morgan fingerprint density at radius 2 is 2.10 bits per heavy atom. The quantitative estimate of drug-likeness (QED) is 0.896. The predicted molar refractivity (Wildman–Crippen MR) is 81.9 cm³/mol. The van der Waals surface area contributed by atoms with Crippen LogP contribution in [-0.4, -0.2) is 6.61 Å². The van der Waals surface area contributed by atoms with Crippen LogP contribution in [-0.2, 0) is 13.0 Å². The summed E-state index contributed by atoms with van der Waals surface area (Å²) >= 11 is 0. The molecule has 3 rings (SSSR count). The highest BCUT2D eigenvalue weighted by Gasteiger charge is 2.24. The van der Waals surface area contributed by atoms with Gasteiger partial charge in [0.2, 0.25) is 0 Å². The maximum Gasteiger partial charge on any atom is 0.126 e. The van der Waals surface area contributed by atoms with Gasteiger partial charge in [0.05, 0.1) is 6.61 Å². The van der Waals surface area contributed by atoms with Crippen LogP contribution < -0.4 is 10.1 Å². The van der Waals surface area contributed by atoms with E-state index in [1.807, 2.05) is 25.1 Å². The molecule has 21 heavy (non-hydrogen) atoms. The third-order valence-corrected chi connectivity index (χ3v) is 3.98. The number of hydrogen-bond donors (Lipinski definition) is 1. The van der Waals surface area contributed by atoms with Crippen molar-refractivity contribution in [3.05, 3.63) is 65.0 Å². The van der Waals surface area contributed by atoms with Gasteiger partial charge in [-0.2, -0.15) is 0 Å². The van der Waals surface area contributed by atoms with Crippen molar-refractivity contribution < 1.29 is 9.13 Å². The van der Waals surface area contributed by atoms with E-state index in [1.54, 1.807) is 12.1 Å². The van der Waals surface area contributed by atoms with Crippen molar-refractivity contribution in [2.45, 2.75) is 32.4 Å². The molecule has 0 saturated carbocycles. The van der Waals surface area contributed by atoms with Crippen LogP contribution in [0.5, 0.6) is 5.75 Å². The molecule has 1 aliphatic rings. The first-order valence-electron chi connectivity index (χ1n) is 7.50. The van der Waals surface area contributed by atoms with Crippen LogP contribution in [0.25, 0.3) is 0 Å². The molecule has 2 nitrogen and oxygen atoms in total. The van der Waals surface area contributed by atoms with Crippen LogP contribution in [0.1, 0.15) is 36.1 Å². The lowest BCUT2D eigenvalue weighted by atomic mass is 10.1. The average molecular weight is 285 g/mol. The number of hydrogen-bond acceptors (Lipinski definition) is 2. The van der Waals surface area contributed by atoms with Gasteiger partial charge < -0.3 is 10.1 Å². The Balaban J connectivity index is 1.67. The smallest absolute Gasteiger partial charge is 0.126 e. The van der Waals surface area contributed by atoms with Gasteiger partial charge in [0.25, 0.3) is 0 Å². The van der Waals surface area contributed by atoms with Crippen LogP contribution in [0, 0.1) is 5.82 Å². The van der Waals surface area contributed by atoms with Crippen molar-refractivity contribution in [2.75, 3.05) is 6.61 Å². The van der Waals surface area contributed by atoms with E-state index in [2.05, 4.69) is 17.4 Å². The highest BCUT2D eigenvalue weighted by molar-refractivity contribution is 5.36. The normalized spacial score (nSPS) is 16.8. The molecule has 0 heterocycles. The second-order valence-corrected chi connectivity index (χ2v) is 5.36. The number of benzene rings is 2. The van der Waals surface area contributed by atoms with E-state index >= 15 is 0 Å². The zero-order valence-electron chi connectivity index (χ0n) is 12.2. The van der Waals surface area contributed by atoms with E-state index in [-0.39, 0.29) is 11.9 Å². The summed E-state index contributed by atoms with van der Waals surface area (Å²) in [6.45, 7) is 3.42.